The van der Waals surface area contributed by atoms with Crippen molar-refractivity contribution in [2.24, 2.45) is 5.92 Å². The molecule has 0 saturated carbocycles. The first-order valence-electron chi connectivity index (χ1n) is 10.1. The van der Waals surface area contributed by atoms with Crippen LogP contribution in [0.15, 0.2) is 36.4 Å². The predicted octanol–water partition coefficient (Wildman–Crippen LogP) is 6.00. The van der Waals surface area contributed by atoms with Crippen molar-refractivity contribution < 1.29 is 23.0 Å². The minimum Gasteiger partial charge on any atom is -0.491 e. The summed E-state index contributed by atoms with van der Waals surface area (Å²) in [5.74, 6) is -0.561. The third kappa shape index (κ3) is 5.02. The molecule has 5 heteroatoms. The molecule has 0 N–H and O–H groups in total. The molecule has 2 aromatic carbocycles. The van der Waals surface area contributed by atoms with Gasteiger partial charge in [0.1, 0.15) is 12.4 Å². The Morgan fingerprint density at radius 1 is 0.964 bits per heavy atom. The van der Waals surface area contributed by atoms with Crippen LogP contribution in [0, 0.1) is 17.6 Å². The van der Waals surface area contributed by atoms with E-state index in [9.17, 15) is 8.78 Å². The Hall–Kier alpha value is -2.14. The molecule has 2 atom stereocenters. The Labute approximate surface area is 165 Å². The zero-order chi connectivity index (χ0) is 19.9. The molecule has 0 aliphatic carbocycles. The highest BCUT2D eigenvalue weighted by atomic mass is 19.2. The number of rotatable bonds is 8. The van der Waals surface area contributed by atoms with E-state index in [2.05, 4.69) is 6.92 Å². The van der Waals surface area contributed by atoms with E-state index < -0.39 is 11.6 Å². The van der Waals surface area contributed by atoms with Crippen molar-refractivity contribution in [3.05, 3.63) is 48.0 Å². The van der Waals surface area contributed by atoms with E-state index in [1.165, 1.54) is 12.5 Å². The number of halogens is 2. The van der Waals surface area contributed by atoms with Crippen molar-refractivity contribution in [3.63, 3.8) is 0 Å². The van der Waals surface area contributed by atoms with Crippen molar-refractivity contribution in [2.75, 3.05) is 19.8 Å². The molecule has 0 spiro atoms. The van der Waals surface area contributed by atoms with Crippen LogP contribution in [0.4, 0.5) is 8.78 Å². The van der Waals surface area contributed by atoms with Crippen molar-refractivity contribution >= 4 is 0 Å². The van der Waals surface area contributed by atoms with Gasteiger partial charge in [0.15, 0.2) is 11.6 Å². The van der Waals surface area contributed by atoms with E-state index in [-0.39, 0.29) is 17.4 Å². The number of ether oxygens (including phenoxy) is 3. The highest BCUT2D eigenvalue weighted by Crippen LogP contribution is 2.31. The van der Waals surface area contributed by atoms with Crippen LogP contribution in [0.25, 0.3) is 11.1 Å². The van der Waals surface area contributed by atoms with Crippen LogP contribution in [0.2, 0.25) is 0 Å². The zero-order valence-electron chi connectivity index (χ0n) is 16.5. The van der Waals surface area contributed by atoms with Crippen LogP contribution in [0.3, 0.4) is 0 Å². The minimum atomic E-state index is -0.953. The first-order chi connectivity index (χ1) is 13.6. The van der Waals surface area contributed by atoms with Crippen LogP contribution in [-0.2, 0) is 4.74 Å². The van der Waals surface area contributed by atoms with Gasteiger partial charge in [-0.3, -0.25) is 0 Å². The van der Waals surface area contributed by atoms with E-state index in [1.54, 1.807) is 30.3 Å². The topological polar surface area (TPSA) is 27.7 Å². The van der Waals surface area contributed by atoms with Gasteiger partial charge in [0.25, 0.3) is 0 Å². The van der Waals surface area contributed by atoms with Gasteiger partial charge in [-0.05, 0) is 55.0 Å². The molecule has 3 nitrogen and oxygen atoms in total. The largest absolute Gasteiger partial charge is 0.491 e. The molecular formula is C23H28F2O3. The highest BCUT2D eigenvalue weighted by Gasteiger charge is 2.21. The lowest BCUT2D eigenvalue weighted by Crippen LogP contribution is -2.30. The van der Waals surface area contributed by atoms with E-state index in [0.29, 0.717) is 30.4 Å². The highest BCUT2D eigenvalue weighted by molar-refractivity contribution is 5.66. The van der Waals surface area contributed by atoms with Gasteiger partial charge in [-0.2, -0.15) is 4.39 Å². The third-order valence-corrected chi connectivity index (χ3v) is 5.15. The van der Waals surface area contributed by atoms with Crippen molar-refractivity contribution in [1.82, 2.24) is 0 Å². The Morgan fingerprint density at radius 3 is 2.39 bits per heavy atom. The molecule has 2 unspecified atom stereocenters. The molecule has 2 aromatic rings. The number of hydrogen-bond acceptors (Lipinski definition) is 3. The standard InChI is InChI=1S/C23H28F2O3/c1-3-13-26-21-12-11-20(22(24)23(21)25)17-6-9-18(10-7-17)28-15-19-8-5-16(4-2)14-27-19/h6-7,9-12,16,19H,3-5,8,13-15H2,1-2H3. The SMILES string of the molecule is CCCOc1ccc(-c2ccc(OCC3CCC(CC)CO3)cc2)c(F)c1F. The molecule has 0 bridgehead atoms. The fourth-order valence-corrected chi connectivity index (χ4v) is 3.31. The summed E-state index contributed by atoms with van der Waals surface area (Å²) < 4.78 is 45.5. The average molecular weight is 390 g/mol. The van der Waals surface area contributed by atoms with Gasteiger partial charge >= 0.3 is 0 Å². The van der Waals surface area contributed by atoms with Gasteiger partial charge in [0, 0.05) is 12.2 Å². The lowest BCUT2D eigenvalue weighted by atomic mass is 9.96. The van der Waals surface area contributed by atoms with E-state index in [0.717, 1.165) is 25.9 Å². The summed E-state index contributed by atoms with van der Waals surface area (Å²) in [6.07, 6.45) is 4.18. The Morgan fingerprint density at radius 2 is 1.75 bits per heavy atom. The van der Waals surface area contributed by atoms with Crippen LogP contribution in [0.5, 0.6) is 11.5 Å². The zero-order valence-corrected chi connectivity index (χ0v) is 16.5. The van der Waals surface area contributed by atoms with Crippen LogP contribution >= 0.6 is 0 Å². The Balaban J connectivity index is 1.60. The van der Waals surface area contributed by atoms with Gasteiger partial charge in [0.2, 0.25) is 5.82 Å². The summed E-state index contributed by atoms with van der Waals surface area (Å²) in [6, 6.07) is 10.0. The quantitative estimate of drug-likeness (QED) is 0.553. The second-order valence-electron chi connectivity index (χ2n) is 7.23. The first kappa shape index (κ1) is 20.6. The summed E-state index contributed by atoms with van der Waals surface area (Å²) in [5.41, 5.74) is 0.791. The maximum Gasteiger partial charge on any atom is 0.201 e. The van der Waals surface area contributed by atoms with Crippen LogP contribution < -0.4 is 9.47 Å². The van der Waals surface area contributed by atoms with Crippen LogP contribution in [-0.4, -0.2) is 25.9 Å². The summed E-state index contributed by atoms with van der Waals surface area (Å²) in [5, 5.41) is 0. The van der Waals surface area contributed by atoms with Crippen LogP contribution in [0.1, 0.15) is 39.5 Å². The fraction of sp³-hybridized carbons (Fsp3) is 0.478. The first-order valence-corrected chi connectivity index (χ1v) is 10.1. The van der Waals surface area contributed by atoms with Crippen molar-refractivity contribution in [2.45, 2.75) is 45.6 Å². The van der Waals surface area contributed by atoms with Crippen molar-refractivity contribution in [1.29, 1.82) is 0 Å². The average Bonchev–Trinajstić information content (AvgIpc) is 2.74. The lowest BCUT2D eigenvalue weighted by molar-refractivity contribution is -0.0380. The molecule has 1 aliphatic heterocycles. The molecule has 1 fully saturated rings. The molecule has 1 aliphatic rings. The Bertz CT molecular complexity index is 753. The van der Waals surface area contributed by atoms with Gasteiger partial charge in [0.05, 0.1) is 12.7 Å². The second kappa shape index (κ2) is 9.87. The molecule has 1 saturated heterocycles. The molecule has 28 heavy (non-hydrogen) atoms. The van der Waals surface area contributed by atoms with E-state index in [4.69, 9.17) is 14.2 Å². The summed E-state index contributed by atoms with van der Waals surface area (Å²) in [6.45, 7) is 5.75. The molecule has 0 amide bonds. The lowest BCUT2D eigenvalue weighted by Gasteiger charge is -2.28. The van der Waals surface area contributed by atoms with Crippen molar-refractivity contribution in [3.8, 4) is 22.6 Å². The fourth-order valence-electron chi connectivity index (χ4n) is 3.31. The number of hydrogen-bond donors (Lipinski definition) is 0. The summed E-state index contributed by atoms with van der Waals surface area (Å²) in [4.78, 5) is 0. The molecule has 1 heterocycles. The molecule has 0 radical (unpaired) electrons. The maximum absolute atomic E-state index is 14.4. The smallest absolute Gasteiger partial charge is 0.201 e. The Kier molecular flexibility index (Phi) is 7.26. The minimum absolute atomic E-state index is 0.0548. The van der Waals surface area contributed by atoms with Gasteiger partial charge in [-0.15, -0.1) is 0 Å². The normalized spacial score (nSPS) is 19.4. The van der Waals surface area contributed by atoms with Gasteiger partial charge < -0.3 is 14.2 Å². The van der Waals surface area contributed by atoms with E-state index >= 15 is 0 Å². The molecule has 0 aromatic heterocycles. The van der Waals surface area contributed by atoms with Gasteiger partial charge in [-0.1, -0.05) is 32.4 Å². The van der Waals surface area contributed by atoms with Gasteiger partial charge in [-0.25, -0.2) is 4.39 Å². The summed E-state index contributed by atoms with van der Waals surface area (Å²) in [7, 11) is 0. The molecule has 3 rings (SSSR count). The summed E-state index contributed by atoms with van der Waals surface area (Å²) >= 11 is 0. The van der Waals surface area contributed by atoms with E-state index in [1.807, 2.05) is 6.92 Å². The molecular weight excluding hydrogens is 362 g/mol. The monoisotopic (exact) mass is 390 g/mol. The predicted molar refractivity (Wildman–Crippen MR) is 106 cm³/mol. The second-order valence-corrected chi connectivity index (χ2v) is 7.23. The number of benzene rings is 2. The maximum atomic E-state index is 14.4. The molecule has 152 valence electrons. The third-order valence-electron chi connectivity index (χ3n) is 5.15.